The first-order chi connectivity index (χ1) is 10.0. The highest BCUT2D eigenvalue weighted by molar-refractivity contribution is 7.12. The molecule has 1 nitrogen and oxygen atoms in total. The number of hydrogen-bond acceptors (Lipinski definition) is 2. The van der Waals surface area contributed by atoms with Crippen molar-refractivity contribution in [3.8, 4) is 0 Å². The van der Waals surface area contributed by atoms with Crippen LogP contribution in [0.3, 0.4) is 0 Å². The Labute approximate surface area is 133 Å². The van der Waals surface area contributed by atoms with Crippen molar-refractivity contribution >= 4 is 11.3 Å². The molecule has 0 amide bonds. The molecule has 0 saturated heterocycles. The SMILES string of the molecule is CCc1ccc(C(C)CCC(C)c2ccc(C(C)C)s2)o1. The molecule has 0 aliphatic rings. The van der Waals surface area contributed by atoms with Crippen LogP contribution in [-0.4, -0.2) is 0 Å². The van der Waals surface area contributed by atoms with Crippen LogP contribution in [-0.2, 0) is 6.42 Å². The fourth-order valence-electron chi connectivity index (χ4n) is 2.58. The average Bonchev–Trinajstić information content (AvgIpc) is 3.12. The van der Waals surface area contributed by atoms with Crippen LogP contribution in [0.1, 0.15) is 86.5 Å². The zero-order valence-electron chi connectivity index (χ0n) is 14.0. The topological polar surface area (TPSA) is 13.1 Å². The third kappa shape index (κ3) is 4.23. The fraction of sp³-hybridized carbons (Fsp3) is 0.579. The molecule has 0 N–H and O–H groups in total. The minimum absolute atomic E-state index is 0.511. The molecule has 0 fully saturated rings. The van der Waals surface area contributed by atoms with E-state index >= 15 is 0 Å². The van der Waals surface area contributed by atoms with E-state index in [1.165, 1.54) is 22.6 Å². The van der Waals surface area contributed by atoms with Crippen LogP contribution < -0.4 is 0 Å². The van der Waals surface area contributed by atoms with Gasteiger partial charge in [-0.2, -0.15) is 0 Å². The molecule has 2 aromatic rings. The summed E-state index contributed by atoms with van der Waals surface area (Å²) in [5.41, 5.74) is 0. The minimum atomic E-state index is 0.511. The van der Waals surface area contributed by atoms with Crippen LogP contribution >= 0.6 is 11.3 Å². The second-order valence-electron chi connectivity index (χ2n) is 6.43. The first-order valence-corrected chi connectivity index (χ1v) is 9.01. The van der Waals surface area contributed by atoms with Crippen molar-refractivity contribution in [2.24, 2.45) is 0 Å². The van der Waals surface area contributed by atoms with E-state index in [9.17, 15) is 0 Å². The van der Waals surface area contributed by atoms with E-state index in [0.717, 1.165) is 17.9 Å². The highest BCUT2D eigenvalue weighted by Gasteiger charge is 2.15. The van der Waals surface area contributed by atoms with Gasteiger partial charge in [0.2, 0.25) is 0 Å². The number of rotatable bonds is 7. The largest absolute Gasteiger partial charge is 0.466 e. The van der Waals surface area contributed by atoms with Gasteiger partial charge in [0.15, 0.2) is 0 Å². The summed E-state index contributed by atoms with van der Waals surface area (Å²) >= 11 is 1.98. The zero-order valence-corrected chi connectivity index (χ0v) is 14.8. The van der Waals surface area contributed by atoms with Crippen molar-refractivity contribution in [2.45, 2.75) is 71.6 Å². The quantitative estimate of drug-likeness (QED) is 0.553. The Bertz CT molecular complexity index is 549. The summed E-state index contributed by atoms with van der Waals surface area (Å²) in [4.78, 5) is 3.03. The van der Waals surface area contributed by atoms with E-state index in [4.69, 9.17) is 4.42 Å². The molecule has 0 aliphatic heterocycles. The maximum Gasteiger partial charge on any atom is 0.106 e. The number of hydrogen-bond donors (Lipinski definition) is 0. The van der Waals surface area contributed by atoms with Gasteiger partial charge >= 0.3 is 0 Å². The summed E-state index contributed by atoms with van der Waals surface area (Å²) in [5.74, 6) is 4.05. The summed E-state index contributed by atoms with van der Waals surface area (Å²) in [5, 5.41) is 0. The van der Waals surface area contributed by atoms with Gasteiger partial charge in [0.1, 0.15) is 11.5 Å². The molecule has 0 saturated carbocycles. The third-order valence-corrected chi connectivity index (χ3v) is 5.87. The molecule has 116 valence electrons. The van der Waals surface area contributed by atoms with Gasteiger partial charge in [-0.1, -0.05) is 34.6 Å². The molecule has 2 rings (SSSR count). The number of thiophene rings is 1. The molecule has 2 atom stereocenters. The molecule has 21 heavy (non-hydrogen) atoms. The van der Waals surface area contributed by atoms with Crippen LogP contribution in [0, 0.1) is 0 Å². The molecule has 2 heteroatoms. The summed E-state index contributed by atoms with van der Waals surface area (Å²) in [6.07, 6.45) is 3.39. The van der Waals surface area contributed by atoms with Crippen molar-refractivity contribution < 1.29 is 4.42 Å². The van der Waals surface area contributed by atoms with Crippen LogP contribution in [0.25, 0.3) is 0 Å². The van der Waals surface area contributed by atoms with Crippen molar-refractivity contribution in [3.05, 3.63) is 45.5 Å². The molecule has 2 unspecified atom stereocenters. The van der Waals surface area contributed by atoms with Gasteiger partial charge in [0, 0.05) is 22.1 Å². The third-order valence-electron chi connectivity index (χ3n) is 4.25. The average molecular weight is 304 g/mol. The molecule has 0 aliphatic carbocycles. The van der Waals surface area contributed by atoms with Gasteiger partial charge in [-0.15, -0.1) is 11.3 Å². The van der Waals surface area contributed by atoms with Crippen LogP contribution in [0.4, 0.5) is 0 Å². The fourth-order valence-corrected chi connectivity index (χ4v) is 3.68. The normalized spacial score (nSPS) is 14.6. The standard InChI is InChI=1S/C19H28OS/c1-6-16-9-10-17(20-16)14(4)7-8-15(5)19-12-11-18(21-19)13(2)3/h9-15H,6-8H2,1-5H3. The zero-order chi connectivity index (χ0) is 15.4. The first-order valence-electron chi connectivity index (χ1n) is 8.19. The van der Waals surface area contributed by atoms with E-state index in [2.05, 4.69) is 58.9 Å². The smallest absolute Gasteiger partial charge is 0.106 e. The lowest BCUT2D eigenvalue weighted by atomic mass is 9.95. The van der Waals surface area contributed by atoms with Crippen molar-refractivity contribution in [1.82, 2.24) is 0 Å². The molecular weight excluding hydrogens is 276 g/mol. The lowest BCUT2D eigenvalue weighted by Gasteiger charge is -2.13. The molecule has 2 aromatic heterocycles. The van der Waals surface area contributed by atoms with E-state index in [1.54, 1.807) is 0 Å². The predicted octanol–water partition coefficient (Wildman–Crippen LogP) is 6.71. The predicted molar refractivity (Wildman–Crippen MR) is 92.6 cm³/mol. The summed E-state index contributed by atoms with van der Waals surface area (Å²) < 4.78 is 5.87. The number of aryl methyl sites for hydroxylation is 1. The van der Waals surface area contributed by atoms with Crippen LogP contribution in [0.15, 0.2) is 28.7 Å². The highest BCUT2D eigenvalue weighted by Crippen LogP contribution is 2.34. The summed E-state index contributed by atoms with van der Waals surface area (Å²) in [6, 6.07) is 8.88. The first kappa shape index (κ1) is 16.4. The highest BCUT2D eigenvalue weighted by atomic mass is 32.1. The molecule has 0 radical (unpaired) electrons. The molecular formula is C19H28OS. The van der Waals surface area contributed by atoms with Gasteiger partial charge in [-0.3, -0.25) is 0 Å². The summed E-state index contributed by atoms with van der Waals surface area (Å²) in [7, 11) is 0. The Morgan fingerprint density at radius 3 is 2.14 bits per heavy atom. The van der Waals surface area contributed by atoms with Gasteiger partial charge in [0.25, 0.3) is 0 Å². The van der Waals surface area contributed by atoms with E-state index in [-0.39, 0.29) is 0 Å². The molecule has 0 bridgehead atoms. The number of furan rings is 1. The molecule has 0 spiro atoms. The Hall–Kier alpha value is -1.02. The maximum atomic E-state index is 5.87. The Morgan fingerprint density at radius 2 is 1.57 bits per heavy atom. The lowest BCUT2D eigenvalue weighted by Crippen LogP contribution is -1.96. The Balaban J connectivity index is 1.89. The Morgan fingerprint density at radius 1 is 0.905 bits per heavy atom. The Kier molecular flexibility index (Phi) is 5.69. The van der Waals surface area contributed by atoms with Gasteiger partial charge < -0.3 is 4.42 Å². The van der Waals surface area contributed by atoms with Crippen LogP contribution in [0.2, 0.25) is 0 Å². The molecule has 0 aromatic carbocycles. The van der Waals surface area contributed by atoms with Crippen molar-refractivity contribution in [3.63, 3.8) is 0 Å². The van der Waals surface area contributed by atoms with Crippen molar-refractivity contribution in [2.75, 3.05) is 0 Å². The lowest BCUT2D eigenvalue weighted by molar-refractivity contribution is 0.423. The van der Waals surface area contributed by atoms with Gasteiger partial charge in [-0.05, 0) is 48.9 Å². The van der Waals surface area contributed by atoms with Gasteiger partial charge in [-0.25, -0.2) is 0 Å². The van der Waals surface area contributed by atoms with E-state index in [1.807, 2.05) is 11.3 Å². The summed E-state index contributed by atoms with van der Waals surface area (Å²) in [6.45, 7) is 11.3. The van der Waals surface area contributed by atoms with Crippen molar-refractivity contribution in [1.29, 1.82) is 0 Å². The van der Waals surface area contributed by atoms with E-state index in [0.29, 0.717) is 17.8 Å². The van der Waals surface area contributed by atoms with E-state index < -0.39 is 0 Å². The second-order valence-corrected chi connectivity index (χ2v) is 7.58. The second kappa shape index (κ2) is 7.31. The van der Waals surface area contributed by atoms with Gasteiger partial charge in [0.05, 0.1) is 0 Å². The van der Waals surface area contributed by atoms with Crippen LogP contribution in [0.5, 0.6) is 0 Å². The molecule has 2 heterocycles. The minimum Gasteiger partial charge on any atom is -0.466 e. The monoisotopic (exact) mass is 304 g/mol. The maximum absolute atomic E-state index is 5.87.